The quantitative estimate of drug-likeness (QED) is 0.487. The van der Waals surface area contributed by atoms with Crippen LogP contribution in [0.3, 0.4) is 0 Å². The van der Waals surface area contributed by atoms with E-state index < -0.39 is 0 Å². The summed E-state index contributed by atoms with van der Waals surface area (Å²) < 4.78 is 4.75. The van der Waals surface area contributed by atoms with Crippen molar-refractivity contribution in [2.75, 3.05) is 13.7 Å². The first-order chi connectivity index (χ1) is 6.53. The summed E-state index contributed by atoms with van der Waals surface area (Å²) in [4.78, 5) is 13.5. The van der Waals surface area contributed by atoms with E-state index in [9.17, 15) is 4.79 Å². The standard InChI is InChI=1S/C11H17NO2/c1-5-11(2,3)12-8-6-7-9(12)10(13)14-4/h1,9H,6-8H2,2-4H3/t9-/m1/s1. The second-order valence-corrected chi connectivity index (χ2v) is 4.08. The van der Waals surface area contributed by atoms with Gasteiger partial charge in [0.25, 0.3) is 0 Å². The third kappa shape index (κ3) is 1.91. The minimum atomic E-state index is -0.366. The minimum absolute atomic E-state index is 0.161. The number of ether oxygens (including phenoxy) is 1. The zero-order chi connectivity index (χ0) is 10.8. The van der Waals surface area contributed by atoms with E-state index in [2.05, 4.69) is 5.92 Å². The Morgan fingerprint density at radius 3 is 2.79 bits per heavy atom. The molecule has 0 N–H and O–H groups in total. The first-order valence-corrected chi connectivity index (χ1v) is 4.85. The second kappa shape index (κ2) is 4.02. The second-order valence-electron chi connectivity index (χ2n) is 4.08. The zero-order valence-electron chi connectivity index (χ0n) is 9.04. The molecule has 0 unspecified atom stereocenters. The van der Waals surface area contributed by atoms with E-state index in [1.54, 1.807) is 0 Å². The van der Waals surface area contributed by atoms with E-state index in [-0.39, 0.29) is 17.6 Å². The normalized spacial score (nSPS) is 23.1. The minimum Gasteiger partial charge on any atom is -0.468 e. The van der Waals surface area contributed by atoms with Crippen molar-refractivity contribution in [3.63, 3.8) is 0 Å². The summed E-state index contributed by atoms with van der Waals surface area (Å²) in [5.41, 5.74) is -0.366. The number of nitrogens with zero attached hydrogens (tertiary/aromatic N) is 1. The Kier molecular flexibility index (Phi) is 3.17. The first kappa shape index (κ1) is 11.1. The van der Waals surface area contributed by atoms with E-state index in [0.29, 0.717) is 0 Å². The molecule has 0 saturated carbocycles. The highest BCUT2D eigenvalue weighted by atomic mass is 16.5. The van der Waals surface area contributed by atoms with Crippen molar-refractivity contribution < 1.29 is 9.53 Å². The number of carbonyl (C=O) groups excluding carboxylic acids is 1. The van der Waals surface area contributed by atoms with Crippen molar-refractivity contribution in [1.29, 1.82) is 0 Å². The molecule has 1 rings (SSSR count). The Morgan fingerprint density at radius 2 is 2.29 bits per heavy atom. The number of methoxy groups -OCH3 is 1. The molecule has 1 fully saturated rings. The Bertz CT molecular complexity index is 265. The lowest BCUT2D eigenvalue weighted by Crippen LogP contribution is -2.49. The molecule has 3 nitrogen and oxygen atoms in total. The van der Waals surface area contributed by atoms with Gasteiger partial charge in [-0.05, 0) is 26.7 Å². The van der Waals surface area contributed by atoms with Crippen LogP contribution in [0.4, 0.5) is 0 Å². The average Bonchev–Trinajstić information content (AvgIpc) is 2.65. The highest BCUT2D eigenvalue weighted by Crippen LogP contribution is 2.26. The summed E-state index contributed by atoms with van der Waals surface area (Å²) in [5.74, 6) is 2.54. The van der Waals surface area contributed by atoms with E-state index in [4.69, 9.17) is 11.2 Å². The Balaban J connectivity index is 2.80. The summed E-state index contributed by atoms with van der Waals surface area (Å²) in [6, 6.07) is -0.161. The molecule has 1 aliphatic heterocycles. The smallest absolute Gasteiger partial charge is 0.323 e. The molecule has 0 bridgehead atoms. The van der Waals surface area contributed by atoms with E-state index in [1.165, 1.54) is 7.11 Å². The Labute approximate surface area is 85.4 Å². The molecular weight excluding hydrogens is 178 g/mol. The molecule has 0 aromatic rings. The first-order valence-electron chi connectivity index (χ1n) is 4.85. The van der Waals surface area contributed by atoms with Gasteiger partial charge >= 0.3 is 5.97 Å². The number of hydrogen-bond acceptors (Lipinski definition) is 3. The Hall–Kier alpha value is -1.01. The molecule has 0 aliphatic carbocycles. The summed E-state index contributed by atoms with van der Waals surface area (Å²) in [5, 5.41) is 0. The summed E-state index contributed by atoms with van der Waals surface area (Å²) in [6.07, 6.45) is 7.30. The molecule has 0 amide bonds. The molecule has 3 heteroatoms. The van der Waals surface area contributed by atoms with Crippen LogP contribution in [0.1, 0.15) is 26.7 Å². The van der Waals surface area contributed by atoms with Crippen LogP contribution < -0.4 is 0 Å². The lowest BCUT2D eigenvalue weighted by atomic mass is 10.0. The maximum Gasteiger partial charge on any atom is 0.323 e. The van der Waals surface area contributed by atoms with Crippen molar-refractivity contribution in [2.45, 2.75) is 38.3 Å². The molecule has 0 aromatic carbocycles. The highest BCUT2D eigenvalue weighted by Gasteiger charge is 2.39. The van der Waals surface area contributed by atoms with Gasteiger partial charge in [0.1, 0.15) is 6.04 Å². The van der Waals surface area contributed by atoms with Crippen molar-refractivity contribution in [2.24, 2.45) is 0 Å². The van der Waals surface area contributed by atoms with Crippen molar-refractivity contribution in [3.05, 3.63) is 0 Å². The number of terminal acetylenes is 1. The van der Waals surface area contributed by atoms with Crippen LogP contribution in [-0.4, -0.2) is 36.1 Å². The fraction of sp³-hybridized carbons (Fsp3) is 0.727. The van der Waals surface area contributed by atoms with E-state index in [1.807, 2.05) is 18.7 Å². The van der Waals surface area contributed by atoms with Gasteiger partial charge < -0.3 is 4.74 Å². The molecule has 0 spiro atoms. The number of esters is 1. The van der Waals surface area contributed by atoms with Crippen molar-refractivity contribution in [1.82, 2.24) is 4.90 Å². The van der Waals surface area contributed by atoms with Gasteiger partial charge in [0, 0.05) is 6.54 Å². The third-order valence-electron chi connectivity index (χ3n) is 2.80. The molecule has 1 saturated heterocycles. The molecule has 0 radical (unpaired) electrons. The topological polar surface area (TPSA) is 29.5 Å². The Morgan fingerprint density at radius 1 is 1.64 bits per heavy atom. The van der Waals surface area contributed by atoms with Crippen LogP contribution in [0.15, 0.2) is 0 Å². The van der Waals surface area contributed by atoms with Crippen molar-refractivity contribution >= 4 is 5.97 Å². The van der Waals surface area contributed by atoms with Crippen LogP contribution in [-0.2, 0) is 9.53 Å². The van der Waals surface area contributed by atoms with Gasteiger partial charge in [0.15, 0.2) is 0 Å². The lowest BCUT2D eigenvalue weighted by Gasteiger charge is -2.34. The SMILES string of the molecule is C#CC(C)(C)N1CCC[C@@H]1C(=O)OC. The van der Waals surface area contributed by atoms with Crippen LogP contribution in [0.2, 0.25) is 0 Å². The predicted molar refractivity (Wildman–Crippen MR) is 54.7 cm³/mol. The van der Waals surface area contributed by atoms with Gasteiger partial charge in [-0.3, -0.25) is 9.69 Å². The predicted octanol–water partition coefficient (Wildman–Crippen LogP) is 1.04. The van der Waals surface area contributed by atoms with Crippen LogP contribution in [0, 0.1) is 12.3 Å². The number of hydrogen-bond donors (Lipinski definition) is 0. The van der Waals surface area contributed by atoms with Crippen molar-refractivity contribution in [3.8, 4) is 12.3 Å². The molecular formula is C11H17NO2. The van der Waals surface area contributed by atoms with Crippen LogP contribution >= 0.6 is 0 Å². The number of likely N-dealkylation sites (tertiary alicyclic amines) is 1. The fourth-order valence-corrected chi connectivity index (χ4v) is 1.90. The van der Waals surface area contributed by atoms with E-state index in [0.717, 1.165) is 19.4 Å². The van der Waals surface area contributed by atoms with Gasteiger partial charge in [-0.2, -0.15) is 0 Å². The zero-order valence-corrected chi connectivity index (χ0v) is 9.04. The molecule has 1 heterocycles. The maximum atomic E-state index is 11.5. The summed E-state index contributed by atoms with van der Waals surface area (Å²) in [7, 11) is 1.42. The number of rotatable bonds is 2. The van der Waals surface area contributed by atoms with Gasteiger partial charge in [-0.1, -0.05) is 5.92 Å². The van der Waals surface area contributed by atoms with Gasteiger partial charge in [0.05, 0.1) is 12.6 Å². The summed E-state index contributed by atoms with van der Waals surface area (Å²) in [6.45, 7) is 4.78. The van der Waals surface area contributed by atoms with Gasteiger partial charge in [-0.15, -0.1) is 6.42 Å². The van der Waals surface area contributed by atoms with Gasteiger partial charge in [-0.25, -0.2) is 0 Å². The molecule has 1 atom stereocenters. The maximum absolute atomic E-state index is 11.5. The fourth-order valence-electron chi connectivity index (χ4n) is 1.90. The monoisotopic (exact) mass is 195 g/mol. The number of carbonyl (C=O) groups is 1. The van der Waals surface area contributed by atoms with E-state index >= 15 is 0 Å². The molecule has 14 heavy (non-hydrogen) atoms. The summed E-state index contributed by atoms with van der Waals surface area (Å²) >= 11 is 0. The largest absolute Gasteiger partial charge is 0.468 e. The molecule has 0 aromatic heterocycles. The molecule has 78 valence electrons. The lowest BCUT2D eigenvalue weighted by molar-refractivity contribution is -0.147. The van der Waals surface area contributed by atoms with Crippen LogP contribution in [0.25, 0.3) is 0 Å². The van der Waals surface area contributed by atoms with Gasteiger partial charge in [0.2, 0.25) is 0 Å². The van der Waals surface area contributed by atoms with Crippen LogP contribution in [0.5, 0.6) is 0 Å². The molecule has 1 aliphatic rings. The average molecular weight is 195 g/mol. The third-order valence-corrected chi connectivity index (χ3v) is 2.80. The highest BCUT2D eigenvalue weighted by molar-refractivity contribution is 5.76.